The van der Waals surface area contributed by atoms with E-state index in [1.54, 1.807) is 23.5 Å². The van der Waals surface area contributed by atoms with Gasteiger partial charge < -0.3 is 41.3 Å². The summed E-state index contributed by atoms with van der Waals surface area (Å²) >= 11 is 1.59. The molecule has 3 amide bonds. The lowest BCUT2D eigenvalue weighted by Gasteiger charge is -2.61. The van der Waals surface area contributed by atoms with Gasteiger partial charge in [-0.25, -0.2) is 15.0 Å². The van der Waals surface area contributed by atoms with Crippen LogP contribution in [0.15, 0.2) is 72.5 Å². The second-order valence-corrected chi connectivity index (χ2v) is 23.8. The molecule has 11 rings (SSSR count). The minimum atomic E-state index is -0.843. The number of anilines is 3. The Bertz CT molecular complexity index is 2820. The Morgan fingerprint density at radius 2 is 1.56 bits per heavy atom. The number of hydrogen-bond acceptors (Lipinski definition) is 15. The van der Waals surface area contributed by atoms with Crippen molar-refractivity contribution in [1.82, 2.24) is 45.6 Å². The number of phenols is 1. The fourth-order valence-electron chi connectivity index (χ4n) is 12.9. The molecule has 4 aliphatic heterocycles. The lowest BCUT2D eigenvalue weighted by Crippen LogP contribution is -2.67. The minimum Gasteiger partial charge on any atom is -0.507 e. The number of likely N-dealkylation sites (tertiary alicyclic amines) is 2. The van der Waals surface area contributed by atoms with Gasteiger partial charge in [0.25, 0.3) is 0 Å². The fourth-order valence-corrected chi connectivity index (χ4v) is 13.7. The van der Waals surface area contributed by atoms with E-state index in [4.69, 9.17) is 15.7 Å². The van der Waals surface area contributed by atoms with Crippen LogP contribution in [0.4, 0.5) is 17.5 Å². The van der Waals surface area contributed by atoms with Crippen LogP contribution in [0.1, 0.15) is 101 Å². The third kappa shape index (κ3) is 9.73. The molecule has 2 aliphatic carbocycles. The van der Waals surface area contributed by atoms with E-state index in [1.165, 1.54) is 10.5 Å². The topological polar surface area (TPSA) is 219 Å². The smallest absolute Gasteiger partial charge is 0.246 e. The van der Waals surface area contributed by atoms with Crippen LogP contribution in [0.5, 0.6) is 5.75 Å². The van der Waals surface area contributed by atoms with Crippen LogP contribution >= 0.6 is 11.3 Å². The number of amides is 3. The number of aryl methyl sites for hydroxylation is 1. The maximum atomic E-state index is 14.3. The SMILES string of the molecule is Cc1ncsc1-c1ccc(CNC(=O)[C@@H]2C[C@@H](O)CN2C(=O)[C@@H](NC(=O)C2CC3(C2)CN(C2CCC(c4cnc(N5C6CCC5CN(c5cc(-c7ccccc7O)nnc5N)C6)nc4)CC2)C3)C(C)(C)C)cc1. The summed E-state index contributed by atoms with van der Waals surface area (Å²) in [4.78, 5) is 65.9. The number of piperazine rings is 1. The lowest BCUT2D eigenvalue weighted by molar-refractivity contribution is -0.154. The molecule has 6 N–H and O–H groups in total. The van der Waals surface area contributed by atoms with Gasteiger partial charge in [0.1, 0.15) is 17.8 Å². The zero-order valence-electron chi connectivity index (χ0n) is 42.3. The van der Waals surface area contributed by atoms with Crippen LogP contribution < -0.4 is 26.2 Å². The molecular weight excluding hydrogens is 941 g/mol. The number of aliphatic hydroxyl groups excluding tert-OH is 1. The Kier molecular flexibility index (Phi) is 13.1. The summed E-state index contributed by atoms with van der Waals surface area (Å²) in [6.07, 6.45) is 11.6. The molecule has 0 radical (unpaired) electrons. The molecule has 4 saturated heterocycles. The molecule has 18 heteroatoms. The molecule has 6 aliphatic rings. The summed E-state index contributed by atoms with van der Waals surface area (Å²) in [5.41, 5.74) is 14.0. The largest absolute Gasteiger partial charge is 0.507 e. The Morgan fingerprint density at radius 1 is 0.877 bits per heavy atom. The standard InChI is InChI=1S/C55H68N12O5S/c1-32-47(73-31-60-32)35-11-9-33(10-12-35)23-57-51(71)45-19-41(68)28-66(45)52(72)48(54(2,3)4)61-50(70)36-21-55(22-36)29-65(30-55)38-15-13-34(14-16-38)37-24-58-53(59-25-37)67-39-17-18-40(67)27-64(26-39)44-20-43(62-63-49(44)56)42-7-5-6-8-46(42)69/h5-12,20,24-25,31,34,36,38-41,45,48,68-69H,13-19,21-23,26-30H2,1-4H3,(H2,56,63)(H,57,71)(H,61,70)/t34?,38?,39?,40?,41-,45+,48-/m1/s1. The summed E-state index contributed by atoms with van der Waals surface area (Å²) in [5, 5.41) is 35.8. The van der Waals surface area contributed by atoms with Crippen LogP contribution in [0.2, 0.25) is 0 Å². The number of phenolic OH excluding ortho intramolecular Hbond substituents is 1. The average molecular weight is 1010 g/mol. The van der Waals surface area contributed by atoms with Crippen molar-refractivity contribution in [3.63, 3.8) is 0 Å². The number of para-hydroxylation sites is 1. The summed E-state index contributed by atoms with van der Waals surface area (Å²) in [6.45, 7) is 11.7. The Labute approximate surface area is 431 Å². The number of nitrogens with zero attached hydrogens (tertiary/aromatic N) is 9. The lowest BCUT2D eigenvalue weighted by atomic mass is 9.57. The second-order valence-electron chi connectivity index (χ2n) is 22.9. The summed E-state index contributed by atoms with van der Waals surface area (Å²) in [7, 11) is 0. The van der Waals surface area contributed by atoms with E-state index in [0.29, 0.717) is 35.6 Å². The van der Waals surface area contributed by atoms with Crippen molar-refractivity contribution >= 4 is 46.5 Å². The van der Waals surface area contributed by atoms with Crippen molar-refractivity contribution < 1.29 is 24.6 Å². The van der Waals surface area contributed by atoms with E-state index >= 15 is 0 Å². The van der Waals surface area contributed by atoms with E-state index in [2.05, 4.69) is 52.9 Å². The highest BCUT2D eigenvalue weighted by Gasteiger charge is 2.56. The number of aliphatic hydroxyl groups is 1. The van der Waals surface area contributed by atoms with Gasteiger partial charge in [0.2, 0.25) is 23.7 Å². The van der Waals surface area contributed by atoms with Gasteiger partial charge in [-0.3, -0.25) is 19.3 Å². The first-order valence-electron chi connectivity index (χ1n) is 26.2. The molecule has 1 spiro atoms. The number of fused-ring (bicyclic) bond motifs is 2. The van der Waals surface area contributed by atoms with E-state index in [0.717, 1.165) is 111 Å². The van der Waals surface area contributed by atoms with Gasteiger partial charge in [0, 0.05) is 87.7 Å². The van der Waals surface area contributed by atoms with Crippen LogP contribution in [-0.2, 0) is 20.9 Å². The number of nitrogens with two attached hydrogens (primary N) is 1. The summed E-state index contributed by atoms with van der Waals surface area (Å²) < 4.78 is 0. The Hall–Kier alpha value is -6.24. The molecule has 3 aromatic heterocycles. The normalized spacial score (nSPS) is 25.3. The van der Waals surface area contributed by atoms with Gasteiger partial charge in [-0.15, -0.1) is 21.5 Å². The van der Waals surface area contributed by atoms with Gasteiger partial charge in [0.15, 0.2) is 5.82 Å². The highest BCUT2D eigenvalue weighted by molar-refractivity contribution is 7.13. The maximum absolute atomic E-state index is 14.3. The maximum Gasteiger partial charge on any atom is 0.246 e. The number of carbonyl (C=O) groups is 3. The van der Waals surface area contributed by atoms with Gasteiger partial charge in [-0.1, -0.05) is 57.2 Å². The highest BCUT2D eigenvalue weighted by atomic mass is 32.1. The number of hydrogen-bond donors (Lipinski definition) is 5. The first-order chi connectivity index (χ1) is 35.1. The molecule has 2 saturated carbocycles. The van der Waals surface area contributed by atoms with E-state index in [9.17, 15) is 24.6 Å². The van der Waals surface area contributed by atoms with Gasteiger partial charge in [0.05, 0.1) is 33.6 Å². The monoisotopic (exact) mass is 1010 g/mol. The molecule has 73 heavy (non-hydrogen) atoms. The number of nitrogen functional groups attached to an aromatic ring is 1. The minimum absolute atomic E-state index is 0.0429. The number of carbonyl (C=O) groups excluding carboxylic acids is 3. The molecule has 2 aromatic carbocycles. The summed E-state index contributed by atoms with van der Waals surface area (Å²) in [5.74, 6) is 0.842. The van der Waals surface area contributed by atoms with Crippen molar-refractivity contribution in [3.05, 3.63) is 89.3 Å². The molecule has 5 atom stereocenters. The summed E-state index contributed by atoms with van der Waals surface area (Å²) in [6, 6.07) is 16.4. The Balaban J connectivity index is 0.631. The van der Waals surface area contributed by atoms with Gasteiger partial charge >= 0.3 is 0 Å². The van der Waals surface area contributed by atoms with Crippen molar-refractivity contribution in [1.29, 1.82) is 0 Å². The van der Waals surface area contributed by atoms with Crippen molar-refractivity contribution in [2.24, 2.45) is 16.7 Å². The first kappa shape index (κ1) is 49.0. The van der Waals surface area contributed by atoms with Crippen molar-refractivity contribution in [2.45, 2.75) is 134 Å². The molecule has 6 fully saturated rings. The number of aromatic hydroxyl groups is 1. The third-order valence-corrected chi connectivity index (χ3v) is 17.9. The highest BCUT2D eigenvalue weighted by Crippen LogP contribution is 2.54. The molecule has 5 aromatic rings. The number of benzene rings is 2. The number of β-amino-alcohol motifs (C(OH)–C–C–N with tert-alkyl or cyclic N) is 1. The number of nitrogens with one attached hydrogen (secondary N) is 2. The van der Waals surface area contributed by atoms with Crippen molar-refractivity contribution in [2.75, 3.05) is 48.3 Å². The van der Waals surface area contributed by atoms with E-state index in [1.807, 2.05) is 75.7 Å². The zero-order valence-corrected chi connectivity index (χ0v) is 43.1. The molecule has 2 bridgehead atoms. The van der Waals surface area contributed by atoms with Crippen molar-refractivity contribution in [3.8, 4) is 27.4 Å². The molecular formula is C55H68N12O5S. The Morgan fingerprint density at radius 3 is 2.22 bits per heavy atom. The predicted octanol–water partition coefficient (Wildman–Crippen LogP) is 6.06. The second kappa shape index (κ2) is 19.6. The van der Waals surface area contributed by atoms with E-state index < -0.39 is 23.6 Å². The predicted molar refractivity (Wildman–Crippen MR) is 280 cm³/mol. The quantitative estimate of drug-likeness (QED) is 0.0961. The number of aromatic nitrogens is 5. The van der Waals surface area contributed by atoms with E-state index in [-0.39, 0.29) is 59.9 Å². The molecule has 7 heterocycles. The fraction of sp³-hybridized carbons (Fsp3) is 0.527. The molecule has 2 unspecified atom stereocenters. The van der Waals surface area contributed by atoms with Crippen LogP contribution in [0, 0.1) is 23.7 Å². The number of thiazole rings is 1. The third-order valence-electron chi connectivity index (χ3n) is 16.9. The first-order valence-corrected chi connectivity index (χ1v) is 27.0. The van der Waals surface area contributed by atoms with Crippen LogP contribution in [0.25, 0.3) is 21.7 Å². The van der Waals surface area contributed by atoms with Crippen LogP contribution in [0.3, 0.4) is 0 Å². The molecule has 17 nitrogen and oxygen atoms in total. The zero-order chi connectivity index (χ0) is 50.8. The number of rotatable bonds is 12. The van der Waals surface area contributed by atoms with Gasteiger partial charge in [-0.05, 0) is 110 Å². The average Bonchev–Trinajstić information content (AvgIpc) is 4.05. The molecule has 384 valence electrons. The van der Waals surface area contributed by atoms with Crippen LogP contribution in [-0.4, -0.2) is 132 Å². The van der Waals surface area contributed by atoms with Gasteiger partial charge in [-0.2, -0.15) is 0 Å².